The van der Waals surface area contributed by atoms with E-state index >= 15 is 0 Å². The summed E-state index contributed by atoms with van der Waals surface area (Å²) in [6.45, 7) is 1.64. The molecule has 5 nitrogen and oxygen atoms in total. The maximum absolute atomic E-state index is 12.1. The largest absolute Gasteiger partial charge is 0.399 e. The number of benzene rings is 1. The maximum atomic E-state index is 12.1. The maximum Gasteiger partial charge on any atom is 0.240 e. The first-order valence-electron chi connectivity index (χ1n) is 5.42. The lowest BCUT2D eigenvalue weighted by Crippen LogP contribution is -2.41. The van der Waals surface area contributed by atoms with Crippen molar-refractivity contribution in [2.24, 2.45) is 0 Å². The molecule has 0 aromatic heterocycles. The summed E-state index contributed by atoms with van der Waals surface area (Å²) in [7, 11) is -3.60. The molecule has 0 spiro atoms. The lowest BCUT2D eigenvalue weighted by Gasteiger charge is -2.21. The summed E-state index contributed by atoms with van der Waals surface area (Å²) in [6, 6.07) is 5.74. The number of sulfonamides is 1. The topological polar surface area (TPSA) is 92.4 Å². The Morgan fingerprint density at radius 3 is 2.67 bits per heavy atom. The number of thioether (sulfide) groups is 1. The second-order valence-electron chi connectivity index (χ2n) is 3.94. The van der Waals surface area contributed by atoms with E-state index in [-0.39, 0.29) is 22.8 Å². The molecule has 2 atom stereocenters. The highest BCUT2D eigenvalue weighted by Crippen LogP contribution is 2.16. The number of nitrogen functional groups attached to an aromatic ring is 1. The molecule has 102 valence electrons. The van der Waals surface area contributed by atoms with Gasteiger partial charge >= 0.3 is 0 Å². The minimum Gasteiger partial charge on any atom is -0.399 e. The monoisotopic (exact) mass is 290 g/mol. The Kier molecular flexibility index (Phi) is 5.46. The highest BCUT2D eigenvalue weighted by atomic mass is 32.2. The van der Waals surface area contributed by atoms with Crippen LogP contribution < -0.4 is 10.5 Å². The molecular weight excluding hydrogens is 272 g/mol. The average Bonchev–Trinajstić information content (AvgIpc) is 2.30. The van der Waals surface area contributed by atoms with E-state index in [1.54, 1.807) is 19.1 Å². The standard InChI is InChI=1S/C11H18N2O3S2/c1-8(11(7-14)17-2)13-18(15,16)10-5-3-4-9(12)6-10/h3-6,8,11,13-14H,7,12H2,1-2H3. The fourth-order valence-electron chi connectivity index (χ4n) is 1.51. The van der Waals surface area contributed by atoms with Gasteiger partial charge in [-0.05, 0) is 31.4 Å². The first-order chi connectivity index (χ1) is 8.40. The molecule has 0 fully saturated rings. The molecular formula is C11H18N2O3S2. The van der Waals surface area contributed by atoms with Gasteiger partial charge in [0, 0.05) is 17.0 Å². The van der Waals surface area contributed by atoms with E-state index in [0.717, 1.165) is 0 Å². The van der Waals surface area contributed by atoms with Crippen LogP contribution >= 0.6 is 11.8 Å². The van der Waals surface area contributed by atoms with E-state index in [9.17, 15) is 8.42 Å². The van der Waals surface area contributed by atoms with Crippen molar-refractivity contribution in [3.63, 3.8) is 0 Å². The molecule has 0 aliphatic heterocycles. The van der Waals surface area contributed by atoms with Crippen molar-refractivity contribution in [2.45, 2.75) is 23.1 Å². The molecule has 1 aromatic carbocycles. The number of hydrogen-bond donors (Lipinski definition) is 3. The highest BCUT2D eigenvalue weighted by Gasteiger charge is 2.22. The molecule has 0 aliphatic carbocycles. The van der Waals surface area contributed by atoms with Crippen molar-refractivity contribution in [3.8, 4) is 0 Å². The molecule has 0 bridgehead atoms. The van der Waals surface area contributed by atoms with Gasteiger partial charge in [-0.1, -0.05) is 6.07 Å². The molecule has 0 aliphatic rings. The van der Waals surface area contributed by atoms with E-state index in [1.807, 2.05) is 6.26 Å². The van der Waals surface area contributed by atoms with Crippen molar-refractivity contribution in [1.29, 1.82) is 0 Å². The van der Waals surface area contributed by atoms with Crippen LogP contribution in [0.25, 0.3) is 0 Å². The number of anilines is 1. The quantitative estimate of drug-likeness (QED) is 0.669. The average molecular weight is 290 g/mol. The fourth-order valence-corrected chi connectivity index (χ4v) is 3.56. The molecule has 0 radical (unpaired) electrons. The van der Waals surface area contributed by atoms with Crippen molar-refractivity contribution in [2.75, 3.05) is 18.6 Å². The van der Waals surface area contributed by atoms with Gasteiger partial charge < -0.3 is 10.8 Å². The fraction of sp³-hybridized carbons (Fsp3) is 0.455. The zero-order valence-electron chi connectivity index (χ0n) is 10.3. The highest BCUT2D eigenvalue weighted by molar-refractivity contribution is 7.99. The van der Waals surface area contributed by atoms with Gasteiger partial charge in [0.2, 0.25) is 10.0 Å². The van der Waals surface area contributed by atoms with Gasteiger partial charge in [-0.2, -0.15) is 11.8 Å². The summed E-state index contributed by atoms with van der Waals surface area (Å²) in [4.78, 5) is 0.132. The molecule has 0 amide bonds. The lowest BCUT2D eigenvalue weighted by atomic mass is 10.3. The van der Waals surface area contributed by atoms with Gasteiger partial charge in [-0.3, -0.25) is 0 Å². The number of nitrogens with one attached hydrogen (secondary N) is 1. The summed E-state index contributed by atoms with van der Waals surface area (Å²) >= 11 is 1.42. The zero-order valence-corrected chi connectivity index (χ0v) is 12.0. The summed E-state index contributed by atoms with van der Waals surface area (Å²) < 4.78 is 26.7. The Balaban J connectivity index is 2.89. The first-order valence-corrected chi connectivity index (χ1v) is 8.19. The third kappa shape index (κ3) is 3.88. The Morgan fingerprint density at radius 2 is 2.17 bits per heavy atom. The smallest absolute Gasteiger partial charge is 0.240 e. The van der Waals surface area contributed by atoms with E-state index in [0.29, 0.717) is 5.69 Å². The van der Waals surface area contributed by atoms with Crippen LogP contribution in [-0.2, 0) is 10.0 Å². The Labute approximate surface area is 112 Å². The third-order valence-electron chi connectivity index (χ3n) is 2.55. The first kappa shape index (κ1) is 15.3. The Morgan fingerprint density at radius 1 is 1.50 bits per heavy atom. The number of rotatable bonds is 6. The molecule has 0 saturated heterocycles. The summed E-state index contributed by atoms with van der Waals surface area (Å²) in [6.07, 6.45) is 1.83. The molecule has 7 heteroatoms. The molecule has 1 aromatic rings. The summed E-state index contributed by atoms with van der Waals surface area (Å²) in [5.74, 6) is 0. The molecule has 0 heterocycles. The van der Waals surface area contributed by atoms with Crippen LogP contribution in [0.3, 0.4) is 0 Å². The van der Waals surface area contributed by atoms with Gasteiger partial charge in [0.15, 0.2) is 0 Å². The SMILES string of the molecule is CSC(CO)C(C)NS(=O)(=O)c1cccc(N)c1. The summed E-state index contributed by atoms with van der Waals surface area (Å²) in [5, 5.41) is 8.95. The zero-order chi connectivity index (χ0) is 13.8. The number of nitrogens with two attached hydrogens (primary N) is 1. The van der Waals surface area contributed by atoms with E-state index in [2.05, 4.69) is 4.72 Å². The van der Waals surface area contributed by atoms with Crippen LogP contribution in [-0.4, -0.2) is 37.7 Å². The van der Waals surface area contributed by atoms with Crippen LogP contribution in [0.5, 0.6) is 0 Å². The predicted octanol–water partition coefficient (Wildman–Crippen LogP) is 0.659. The number of hydrogen-bond acceptors (Lipinski definition) is 5. The minimum atomic E-state index is -3.60. The summed E-state index contributed by atoms with van der Waals surface area (Å²) in [5.41, 5.74) is 5.96. The van der Waals surface area contributed by atoms with E-state index in [4.69, 9.17) is 10.8 Å². The van der Waals surface area contributed by atoms with Gasteiger partial charge in [0.1, 0.15) is 0 Å². The van der Waals surface area contributed by atoms with Crippen LogP contribution in [0.1, 0.15) is 6.92 Å². The van der Waals surface area contributed by atoms with Crippen molar-refractivity contribution in [3.05, 3.63) is 24.3 Å². The van der Waals surface area contributed by atoms with Crippen LogP contribution in [0.2, 0.25) is 0 Å². The van der Waals surface area contributed by atoms with Crippen LogP contribution in [0.15, 0.2) is 29.2 Å². The lowest BCUT2D eigenvalue weighted by molar-refractivity contribution is 0.282. The minimum absolute atomic E-state index is 0.0816. The molecule has 2 unspecified atom stereocenters. The third-order valence-corrected chi connectivity index (χ3v) is 5.27. The second-order valence-corrected chi connectivity index (χ2v) is 6.73. The van der Waals surface area contributed by atoms with Gasteiger partial charge in [-0.25, -0.2) is 13.1 Å². The Bertz CT molecular complexity index is 487. The molecule has 4 N–H and O–H groups in total. The molecule has 0 saturated carbocycles. The predicted molar refractivity (Wildman–Crippen MR) is 75.0 cm³/mol. The van der Waals surface area contributed by atoms with E-state index < -0.39 is 10.0 Å². The Hall–Kier alpha value is -0.760. The van der Waals surface area contributed by atoms with Crippen LogP contribution in [0.4, 0.5) is 5.69 Å². The van der Waals surface area contributed by atoms with E-state index in [1.165, 1.54) is 23.9 Å². The van der Waals surface area contributed by atoms with Crippen molar-refractivity contribution in [1.82, 2.24) is 4.72 Å². The van der Waals surface area contributed by atoms with Crippen LogP contribution in [0, 0.1) is 0 Å². The van der Waals surface area contributed by atoms with Crippen molar-refractivity contribution < 1.29 is 13.5 Å². The molecule has 18 heavy (non-hydrogen) atoms. The van der Waals surface area contributed by atoms with Gasteiger partial charge in [-0.15, -0.1) is 0 Å². The normalized spacial score (nSPS) is 15.3. The number of aliphatic hydroxyl groups excluding tert-OH is 1. The number of aliphatic hydroxyl groups is 1. The van der Waals surface area contributed by atoms with Crippen molar-refractivity contribution >= 4 is 27.5 Å². The molecule has 1 rings (SSSR count). The van der Waals surface area contributed by atoms with Gasteiger partial charge in [0.05, 0.1) is 11.5 Å². The second kappa shape index (κ2) is 6.42. The van der Waals surface area contributed by atoms with Gasteiger partial charge in [0.25, 0.3) is 0 Å².